The van der Waals surface area contributed by atoms with Crippen LogP contribution in [0.3, 0.4) is 0 Å². The van der Waals surface area contributed by atoms with Crippen molar-refractivity contribution < 1.29 is 4.74 Å². The monoisotopic (exact) mass is 370 g/mol. The Kier molecular flexibility index (Phi) is 4.18. The van der Waals surface area contributed by atoms with Crippen molar-refractivity contribution in [1.82, 2.24) is 29.7 Å². The molecule has 0 unspecified atom stereocenters. The number of hydrogen-bond acceptors (Lipinski definition) is 7. The Morgan fingerprint density at radius 2 is 2.12 bits per heavy atom. The van der Waals surface area contributed by atoms with Crippen LogP contribution in [0.5, 0.6) is 0 Å². The normalized spacial score (nSPS) is 19.1. The molecule has 2 aliphatic heterocycles. The molecule has 0 amide bonds. The third-order valence-corrected chi connectivity index (χ3v) is 6.33. The van der Waals surface area contributed by atoms with Crippen LogP contribution in [0.15, 0.2) is 12.1 Å². The number of hydrogen-bond donors (Lipinski definition) is 0. The highest BCUT2D eigenvalue weighted by molar-refractivity contribution is 7.11. The van der Waals surface area contributed by atoms with E-state index in [1.54, 1.807) is 0 Å². The Morgan fingerprint density at radius 1 is 1.23 bits per heavy atom. The topological polar surface area (TPSA) is 68.4 Å². The molecular formula is C18H22N6OS. The largest absolute Gasteiger partial charge is 0.375 e. The van der Waals surface area contributed by atoms with Crippen LogP contribution in [-0.2, 0) is 24.3 Å². The molecule has 0 spiro atoms. The van der Waals surface area contributed by atoms with E-state index < -0.39 is 0 Å². The predicted octanol–water partition coefficient (Wildman–Crippen LogP) is 2.34. The summed E-state index contributed by atoms with van der Waals surface area (Å²) in [7, 11) is 0. The van der Waals surface area contributed by atoms with Gasteiger partial charge in [-0.25, -0.2) is 4.98 Å². The van der Waals surface area contributed by atoms with Crippen LogP contribution in [0.25, 0.3) is 5.65 Å². The zero-order valence-electron chi connectivity index (χ0n) is 14.9. The number of ether oxygens (including phenoxy) is 1. The SMILES string of the molecule is Cc1ccc2nnc(C3CCN(Cc4nc5c(s4)COCC5)CC3)n2n1. The van der Waals surface area contributed by atoms with Gasteiger partial charge in [-0.15, -0.1) is 21.5 Å². The first kappa shape index (κ1) is 16.3. The van der Waals surface area contributed by atoms with Gasteiger partial charge in [-0.05, 0) is 45.0 Å². The molecule has 0 aromatic carbocycles. The first-order chi connectivity index (χ1) is 12.8. The summed E-state index contributed by atoms with van der Waals surface area (Å²) in [6.45, 7) is 6.62. The average molecular weight is 370 g/mol. The molecule has 0 N–H and O–H groups in total. The van der Waals surface area contributed by atoms with E-state index >= 15 is 0 Å². The van der Waals surface area contributed by atoms with Crippen molar-refractivity contribution in [3.05, 3.63) is 39.2 Å². The zero-order valence-corrected chi connectivity index (χ0v) is 15.7. The van der Waals surface area contributed by atoms with Gasteiger partial charge in [0.15, 0.2) is 11.5 Å². The fourth-order valence-corrected chi connectivity index (χ4v) is 4.93. The minimum Gasteiger partial charge on any atom is -0.375 e. The van der Waals surface area contributed by atoms with Crippen molar-refractivity contribution in [3.63, 3.8) is 0 Å². The van der Waals surface area contributed by atoms with Gasteiger partial charge in [0.05, 0.1) is 36.0 Å². The maximum Gasteiger partial charge on any atom is 0.177 e. The molecule has 2 aliphatic rings. The standard InChI is InChI=1S/C18H22N6OS/c1-12-2-3-16-20-21-18(24(16)22-12)13-4-7-23(8-5-13)10-17-19-14-6-9-25-11-15(14)26-17/h2-3,13H,4-11H2,1H3. The molecule has 0 aliphatic carbocycles. The lowest BCUT2D eigenvalue weighted by Crippen LogP contribution is -2.33. The van der Waals surface area contributed by atoms with Gasteiger partial charge < -0.3 is 4.74 Å². The van der Waals surface area contributed by atoms with Crippen LogP contribution >= 0.6 is 11.3 Å². The van der Waals surface area contributed by atoms with E-state index in [2.05, 4.69) is 20.2 Å². The van der Waals surface area contributed by atoms with Crippen LogP contribution in [0, 0.1) is 6.92 Å². The molecule has 3 aromatic heterocycles. The number of aryl methyl sites for hydroxylation is 1. The van der Waals surface area contributed by atoms with Gasteiger partial charge >= 0.3 is 0 Å². The molecule has 8 heteroatoms. The third kappa shape index (κ3) is 3.02. The highest BCUT2D eigenvalue weighted by Gasteiger charge is 2.26. The third-order valence-electron chi connectivity index (χ3n) is 5.27. The number of thiazole rings is 1. The molecule has 0 atom stereocenters. The highest BCUT2D eigenvalue weighted by Crippen LogP contribution is 2.29. The quantitative estimate of drug-likeness (QED) is 0.705. The molecule has 5 heterocycles. The summed E-state index contributed by atoms with van der Waals surface area (Å²) in [6, 6.07) is 3.97. The highest BCUT2D eigenvalue weighted by atomic mass is 32.1. The van der Waals surface area contributed by atoms with Crippen LogP contribution in [0.1, 0.15) is 45.9 Å². The lowest BCUT2D eigenvalue weighted by Gasteiger charge is -2.30. The second-order valence-corrected chi connectivity index (χ2v) is 8.30. The van der Waals surface area contributed by atoms with Gasteiger partial charge in [0, 0.05) is 12.3 Å². The summed E-state index contributed by atoms with van der Waals surface area (Å²) < 4.78 is 7.46. The lowest BCUT2D eigenvalue weighted by atomic mass is 9.96. The molecule has 136 valence electrons. The van der Waals surface area contributed by atoms with Crippen molar-refractivity contribution >= 4 is 17.0 Å². The Bertz CT molecular complexity index is 904. The summed E-state index contributed by atoms with van der Waals surface area (Å²) >= 11 is 1.82. The molecule has 0 saturated carbocycles. The maximum atomic E-state index is 5.53. The van der Waals surface area contributed by atoms with Gasteiger partial charge in [-0.1, -0.05) is 0 Å². The second kappa shape index (κ2) is 6.68. The van der Waals surface area contributed by atoms with E-state index in [1.807, 2.05) is 34.9 Å². The van der Waals surface area contributed by atoms with Crippen LogP contribution in [0.4, 0.5) is 0 Å². The van der Waals surface area contributed by atoms with E-state index in [1.165, 1.54) is 15.6 Å². The van der Waals surface area contributed by atoms with Crippen molar-refractivity contribution in [2.24, 2.45) is 0 Å². The molecule has 3 aromatic rings. The molecule has 5 rings (SSSR count). The number of nitrogens with zero attached hydrogens (tertiary/aromatic N) is 6. The van der Waals surface area contributed by atoms with E-state index in [9.17, 15) is 0 Å². The second-order valence-electron chi connectivity index (χ2n) is 7.13. The summed E-state index contributed by atoms with van der Waals surface area (Å²) in [5.41, 5.74) is 3.08. The van der Waals surface area contributed by atoms with Crippen LogP contribution in [-0.4, -0.2) is 49.4 Å². The van der Waals surface area contributed by atoms with E-state index in [0.717, 1.165) is 69.3 Å². The van der Waals surface area contributed by atoms with Crippen molar-refractivity contribution in [3.8, 4) is 0 Å². The lowest BCUT2D eigenvalue weighted by molar-refractivity contribution is 0.112. The number of rotatable bonds is 3. The average Bonchev–Trinajstić information content (AvgIpc) is 3.25. The fourth-order valence-electron chi connectivity index (χ4n) is 3.84. The minimum absolute atomic E-state index is 0.424. The van der Waals surface area contributed by atoms with E-state index in [-0.39, 0.29) is 0 Å². The van der Waals surface area contributed by atoms with E-state index in [4.69, 9.17) is 9.72 Å². The maximum absolute atomic E-state index is 5.53. The zero-order chi connectivity index (χ0) is 17.5. The summed E-state index contributed by atoms with van der Waals surface area (Å²) in [6.07, 6.45) is 3.13. The molecule has 0 bridgehead atoms. The van der Waals surface area contributed by atoms with Gasteiger partial charge in [-0.3, -0.25) is 4.90 Å². The van der Waals surface area contributed by atoms with Crippen molar-refractivity contribution in [1.29, 1.82) is 0 Å². The molecule has 7 nitrogen and oxygen atoms in total. The molecule has 1 saturated heterocycles. The fraction of sp³-hybridized carbons (Fsp3) is 0.556. The Hall–Kier alpha value is -1.90. The summed E-state index contributed by atoms with van der Waals surface area (Å²) in [5.74, 6) is 1.43. The number of likely N-dealkylation sites (tertiary alicyclic amines) is 1. The minimum atomic E-state index is 0.424. The smallest absolute Gasteiger partial charge is 0.177 e. The summed E-state index contributed by atoms with van der Waals surface area (Å²) in [4.78, 5) is 8.65. The Morgan fingerprint density at radius 3 is 2.96 bits per heavy atom. The molecular weight excluding hydrogens is 348 g/mol. The number of fused-ring (bicyclic) bond motifs is 2. The first-order valence-electron chi connectivity index (χ1n) is 9.23. The van der Waals surface area contributed by atoms with Crippen molar-refractivity contribution in [2.45, 2.75) is 45.3 Å². The van der Waals surface area contributed by atoms with Crippen LogP contribution < -0.4 is 0 Å². The Labute approximate surface area is 156 Å². The predicted molar refractivity (Wildman–Crippen MR) is 98.2 cm³/mol. The van der Waals surface area contributed by atoms with Gasteiger partial charge in [0.2, 0.25) is 0 Å². The molecule has 1 fully saturated rings. The van der Waals surface area contributed by atoms with Crippen molar-refractivity contribution in [2.75, 3.05) is 19.7 Å². The van der Waals surface area contributed by atoms with Gasteiger partial charge in [0.1, 0.15) is 5.01 Å². The molecule has 26 heavy (non-hydrogen) atoms. The number of aromatic nitrogens is 5. The molecule has 0 radical (unpaired) electrons. The van der Waals surface area contributed by atoms with Crippen LogP contribution in [0.2, 0.25) is 0 Å². The van der Waals surface area contributed by atoms with Gasteiger partial charge in [0.25, 0.3) is 0 Å². The van der Waals surface area contributed by atoms with Gasteiger partial charge in [-0.2, -0.15) is 9.61 Å². The Balaban J connectivity index is 1.25. The summed E-state index contributed by atoms with van der Waals surface area (Å²) in [5, 5.41) is 14.5. The van der Waals surface area contributed by atoms with E-state index in [0.29, 0.717) is 5.92 Å². The number of piperidine rings is 1. The first-order valence-corrected chi connectivity index (χ1v) is 10.0.